The van der Waals surface area contributed by atoms with Crippen LogP contribution < -0.4 is 14.4 Å². The third-order valence-corrected chi connectivity index (χ3v) is 6.32. The first-order valence-corrected chi connectivity index (χ1v) is 11.9. The van der Waals surface area contributed by atoms with Crippen LogP contribution in [0.5, 0.6) is 5.75 Å². The molecule has 0 heterocycles. The van der Waals surface area contributed by atoms with Gasteiger partial charge in [-0.05, 0) is 12.5 Å². The summed E-state index contributed by atoms with van der Waals surface area (Å²) in [4.78, 5) is 23.3. The van der Waals surface area contributed by atoms with Crippen molar-refractivity contribution >= 4 is 39.1 Å². The average Bonchev–Trinajstić information content (AvgIpc) is 2.60. The van der Waals surface area contributed by atoms with E-state index in [1.54, 1.807) is 18.7 Å². The Morgan fingerprint density at radius 3 is 2.45 bits per heavy atom. The van der Waals surface area contributed by atoms with Crippen LogP contribution in [0.1, 0.15) is 34.1 Å². The second-order valence-corrected chi connectivity index (χ2v) is 11.1. The molecule has 0 spiro atoms. The predicted molar refractivity (Wildman–Crippen MR) is 116 cm³/mol. The normalized spacial score (nSPS) is 12.9. The van der Waals surface area contributed by atoms with Gasteiger partial charge in [0.2, 0.25) is 15.9 Å². The molecular formula is C18H29N3O6S2. The van der Waals surface area contributed by atoms with Gasteiger partial charge < -0.3 is 10.1 Å². The van der Waals surface area contributed by atoms with Crippen molar-refractivity contribution in [2.45, 2.75) is 44.9 Å². The molecule has 0 aromatic heterocycles. The third kappa shape index (κ3) is 7.39. The van der Waals surface area contributed by atoms with Crippen molar-refractivity contribution in [2.24, 2.45) is 0 Å². The molecule has 0 aliphatic carbocycles. The Morgan fingerprint density at radius 2 is 2.00 bits per heavy atom. The van der Waals surface area contributed by atoms with Crippen molar-refractivity contribution in [3.8, 4) is 5.75 Å². The number of hydrogen-bond acceptors (Lipinski definition) is 7. The summed E-state index contributed by atoms with van der Waals surface area (Å²) in [5, 5.41) is 13.9. The molecule has 11 heteroatoms. The van der Waals surface area contributed by atoms with Crippen LogP contribution in [0.3, 0.4) is 0 Å². The SMILES string of the molecule is CCC(C(=O)NCCSC(C)(C)C)N(c1cc([N+](=O)[O-])ccc1OC)S(C)(=O)=O. The minimum atomic E-state index is -3.94. The molecule has 1 atom stereocenters. The number of carbonyl (C=O) groups is 1. The molecule has 1 aromatic rings. The van der Waals surface area contributed by atoms with Crippen LogP contribution >= 0.6 is 11.8 Å². The molecule has 0 fully saturated rings. The number of benzene rings is 1. The number of anilines is 1. The molecule has 29 heavy (non-hydrogen) atoms. The second-order valence-electron chi connectivity index (χ2n) is 7.35. The highest BCUT2D eigenvalue weighted by molar-refractivity contribution is 8.00. The summed E-state index contributed by atoms with van der Waals surface area (Å²) in [5.41, 5.74) is -0.346. The van der Waals surface area contributed by atoms with Crippen molar-refractivity contribution in [2.75, 3.05) is 30.0 Å². The molecular weight excluding hydrogens is 418 g/mol. The number of rotatable bonds is 10. The quantitative estimate of drug-likeness (QED) is 0.333. The van der Waals surface area contributed by atoms with Crippen molar-refractivity contribution < 1.29 is 22.9 Å². The van der Waals surface area contributed by atoms with E-state index in [-0.39, 0.29) is 28.3 Å². The van der Waals surface area contributed by atoms with Gasteiger partial charge in [0.25, 0.3) is 5.69 Å². The van der Waals surface area contributed by atoms with Gasteiger partial charge in [0.1, 0.15) is 17.5 Å². The van der Waals surface area contributed by atoms with Gasteiger partial charge in [-0.2, -0.15) is 11.8 Å². The Hall–Kier alpha value is -2.01. The fourth-order valence-electron chi connectivity index (χ4n) is 2.65. The van der Waals surface area contributed by atoms with E-state index in [0.29, 0.717) is 12.3 Å². The maximum absolute atomic E-state index is 12.8. The average molecular weight is 448 g/mol. The number of methoxy groups -OCH3 is 1. The number of nitrogens with one attached hydrogen (secondary N) is 1. The molecule has 1 rings (SSSR count). The van der Waals surface area contributed by atoms with E-state index < -0.39 is 26.9 Å². The summed E-state index contributed by atoms with van der Waals surface area (Å²) in [6.07, 6.45) is 1.13. The molecule has 9 nitrogen and oxygen atoms in total. The van der Waals surface area contributed by atoms with Gasteiger partial charge >= 0.3 is 0 Å². The number of non-ortho nitro benzene ring substituents is 1. The Labute approximate surface area is 176 Å². The highest BCUT2D eigenvalue weighted by atomic mass is 32.2. The maximum Gasteiger partial charge on any atom is 0.271 e. The van der Waals surface area contributed by atoms with Crippen LogP contribution in [-0.4, -0.2) is 55.7 Å². The fourth-order valence-corrected chi connectivity index (χ4v) is 4.67. The monoisotopic (exact) mass is 447 g/mol. The van der Waals surface area contributed by atoms with Crippen LogP contribution in [-0.2, 0) is 14.8 Å². The summed E-state index contributed by atoms with van der Waals surface area (Å²) in [7, 11) is -2.61. The summed E-state index contributed by atoms with van der Waals surface area (Å²) in [5.74, 6) is 0.321. The van der Waals surface area contributed by atoms with Crippen molar-refractivity contribution in [1.29, 1.82) is 0 Å². The summed E-state index contributed by atoms with van der Waals surface area (Å²) < 4.78 is 31.3. The third-order valence-electron chi connectivity index (χ3n) is 3.88. The van der Waals surface area contributed by atoms with Crippen LogP contribution in [0.2, 0.25) is 0 Å². The van der Waals surface area contributed by atoms with Crippen LogP contribution in [0, 0.1) is 10.1 Å². The van der Waals surface area contributed by atoms with E-state index in [4.69, 9.17) is 4.74 Å². The molecule has 1 amide bonds. The van der Waals surface area contributed by atoms with Gasteiger partial charge in [-0.3, -0.25) is 19.2 Å². The standard InChI is InChI=1S/C18H29N3O6S2/c1-7-14(17(22)19-10-11-28-18(2,3)4)20(29(6,25)26)15-12-13(21(23)24)8-9-16(15)27-5/h8-9,12,14H,7,10-11H2,1-6H3,(H,19,22). The van der Waals surface area contributed by atoms with Crippen molar-refractivity contribution in [3.05, 3.63) is 28.3 Å². The molecule has 0 saturated heterocycles. The lowest BCUT2D eigenvalue weighted by Crippen LogP contribution is -2.49. The van der Waals surface area contributed by atoms with Gasteiger partial charge in [-0.1, -0.05) is 27.7 Å². The molecule has 0 radical (unpaired) electrons. The zero-order valence-corrected chi connectivity index (χ0v) is 19.2. The Kier molecular flexibility index (Phi) is 8.76. The number of ether oxygens (including phenoxy) is 1. The van der Waals surface area contributed by atoms with E-state index in [9.17, 15) is 23.3 Å². The van der Waals surface area contributed by atoms with Gasteiger partial charge in [0, 0.05) is 29.2 Å². The van der Waals surface area contributed by atoms with E-state index in [1.807, 2.05) is 0 Å². The highest BCUT2D eigenvalue weighted by Crippen LogP contribution is 2.35. The Bertz CT molecular complexity index is 836. The first-order valence-electron chi connectivity index (χ1n) is 9.05. The fraction of sp³-hybridized carbons (Fsp3) is 0.611. The summed E-state index contributed by atoms with van der Waals surface area (Å²) in [6, 6.07) is 2.57. The molecule has 164 valence electrons. The Balaban J connectivity index is 3.24. The summed E-state index contributed by atoms with van der Waals surface area (Å²) in [6.45, 7) is 8.24. The molecule has 0 bridgehead atoms. The van der Waals surface area contributed by atoms with Gasteiger partial charge in [-0.15, -0.1) is 0 Å². The van der Waals surface area contributed by atoms with E-state index in [0.717, 1.165) is 16.6 Å². The van der Waals surface area contributed by atoms with Gasteiger partial charge in [0.05, 0.1) is 18.3 Å². The van der Waals surface area contributed by atoms with Gasteiger partial charge in [-0.25, -0.2) is 8.42 Å². The number of amides is 1. The van der Waals surface area contributed by atoms with Crippen LogP contribution in [0.15, 0.2) is 18.2 Å². The first kappa shape index (κ1) is 25.0. The Morgan fingerprint density at radius 1 is 1.38 bits per heavy atom. The molecule has 1 aromatic carbocycles. The topological polar surface area (TPSA) is 119 Å². The molecule has 1 N–H and O–H groups in total. The minimum absolute atomic E-state index is 0.0457. The zero-order chi connectivity index (χ0) is 22.4. The molecule has 0 aliphatic heterocycles. The van der Waals surface area contributed by atoms with Gasteiger partial charge in [0.15, 0.2) is 0 Å². The lowest BCUT2D eigenvalue weighted by molar-refractivity contribution is -0.384. The number of thioether (sulfide) groups is 1. The van der Waals surface area contributed by atoms with E-state index in [2.05, 4.69) is 26.1 Å². The smallest absolute Gasteiger partial charge is 0.271 e. The van der Waals surface area contributed by atoms with E-state index in [1.165, 1.54) is 19.2 Å². The van der Waals surface area contributed by atoms with Crippen molar-refractivity contribution in [1.82, 2.24) is 5.32 Å². The number of nitrogens with zero attached hydrogens (tertiary/aromatic N) is 2. The van der Waals surface area contributed by atoms with Crippen molar-refractivity contribution in [3.63, 3.8) is 0 Å². The number of nitro groups is 1. The highest BCUT2D eigenvalue weighted by Gasteiger charge is 2.34. The second kappa shape index (κ2) is 10.1. The van der Waals surface area contributed by atoms with Crippen LogP contribution in [0.25, 0.3) is 0 Å². The maximum atomic E-state index is 12.8. The molecule has 0 aliphatic rings. The summed E-state index contributed by atoms with van der Waals surface area (Å²) >= 11 is 1.67. The number of nitro benzene ring substituents is 1. The number of hydrogen-bond donors (Lipinski definition) is 1. The number of sulfonamides is 1. The first-order chi connectivity index (χ1) is 13.3. The number of carbonyl (C=O) groups excluding carboxylic acids is 1. The minimum Gasteiger partial charge on any atom is -0.495 e. The zero-order valence-electron chi connectivity index (χ0n) is 17.6. The lowest BCUT2D eigenvalue weighted by atomic mass is 10.1. The predicted octanol–water partition coefficient (Wildman–Crippen LogP) is 2.80. The van der Waals surface area contributed by atoms with E-state index >= 15 is 0 Å². The van der Waals surface area contributed by atoms with Crippen LogP contribution in [0.4, 0.5) is 11.4 Å². The molecule has 1 unspecified atom stereocenters. The molecule has 0 saturated carbocycles. The lowest BCUT2D eigenvalue weighted by Gasteiger charge is -2.31. The largest absolute Gasteiger partial charge is 0.495 e.